The van der Waals surface area contributed by atoms with E-state index in [4.69, 9.17) is 0 Å². The van der Waals surface area contributed by atoms with Gasteiger partial charge in [-0.1, -0.05) is 103 Å². The third-order valence-corrected chi connectivity index (χ3v) is 2.05. The zero-order valence-corrected chi connectivity index (χ0v) is 12.4. The first-order valence-corrected chi connectivity index (χ1v) is 6.81. The summed E-state index contributed by atoms with van der Waals surface area (Å²) in [7, 11) is 0. The number of hydrogen-bond acceptors (Lipinski definition) is 1. The first-order chi connectivity index (χ1) is 10.4. The SMILES string of the molecule is C/C=C/C=C/C=C/C=C/C=C/C=C/C=C/C=C/C=C/C=O. The van der Waals surface area contributed by atoms with E-state index < -0.39 is 0 Å². The summed E-state index contributed by atoms with van der Waals surface area (Å²) >= 11 is 0. The van der Waals surface area contributed by atoms with Gasteiger partial charge in [-0.25, -0.2) is 0 Å². The number of hydrogen-bond donors (Lipinski definition) is 0. The van der Waals surface area contributed by atoms with Gasteiger partial charge in [0.2, 0.25) is 0 Å². The zero-order chi connectivity index (χ0) is 15.4. The van der Waals surface area contributed by atoms with Crippen LogP contribution in [0.5, 0.6) is 0 Å². The monoisotopic (exact) mass is 278 g/mol. The van der Waals surface area contributed by atoms with Crippen molar-refractivity contribution in [1.82, 2.24) is 0 Å². The minimum atomic E-state index is 0.750. The Labute approximate surface area is 128 Å². The van der Waals surface area contributed by atoms with E-state index in [1.54, 1.807) is 12.2 Å². The fourth-order valence-corrected chi connectivity index (χ4v) is 1.12. The predicted molar refractivity (Wildman–Crippen MR) is 94.0 cm³/mol. The standard InChI is InChI=1S/C20H22O/c1-2-3-4-5-6-7-8-9-10-11-12-13-14-15-16-17-18-19-20-21/h2-20H,1H3/b3-2+,5-4+,7-6+,9-8+,11-10+,13-12+,15-14+,17-16+,19-18+. The molecule has 0 aromatic carbocycles. The van der Waals surface area contributed by atoms with Crippen LogP contribution in [0, 0.1) is 0 Å². The molecule has 0 radical (unpaired) electrons. The van der Waals surface area contributed by atoms with Crippen molar-refractivity contribution in [3.63, 3.8) is 0 Å². The molecule has 0 bridgehead atoms. The number of allylic oxidation sites excluding steroid dienone is 18. The van der Waals surface area contributed by atoms with Crippen LogP contribution >= 0.6 is 0 Å². The molecule has 0 saturated heterocycles. The van der Waals surface area contributed by atoms with E-state index in [2.05, 4.69) is 0 Å². The lowest BCUT2D eigenvalue weighted by molar-refractivity contribution is -0.104. The highest BCUT2D eigenvalue weighted by atomic mass is 16.1. The van der Waals surface area contributed by atoms with Crippen molar-refractivity contribution >= 4 is 6.29 Å². The summed E-state index contributed by atoms with van der Waals surface area (Å²) in [6.07, 6.45) is 35.0. The predicted octanol–water partition coefficient (Wildman–Crippen LogP) is 5.21. The fourth-order valence-electron chi connectivity index (χ4n) is 1.12. The Morgan fingerprint density at radius 3 is 0.857 bits per heavy atom. The maximum atomic E-state index is 9.99. The zero-order valence-electron chi connectivity index (χ0n) is 12.4. The van der Waals surface area contributed by atoms with Crippen molar-refractivity contribution < 1.29 is 4.79 Å². The lowest BCUT2D eigenvalue weighted by atomic mass is 10.3. The van der Waals surface area contributed by atoms with Gasteiger partial charge in [0.05, 0.1) is 0 Å². The molecule has 0 amide bonds. The molecule has 0 N–H and O–H groups in total. The van der Waals surface area contributed by atoms with Gasteiger partial charge >= 0.3 is 0 Å². The summed E-state index contributed by atoms with van der Waals surface area (Å²) in [5, 5.41) is 0. The Morgan fingerprint density at radius 1 is 0.381 bits per heavy atom. The second-order valence-electron chi connectivity index (χ2n) is 3.74. The molecule has 0 saturated carbocycles. The summed E-state index contributed by atoms with van der Waals surface area (Å²) in [5.41, 5.74) is 0. The lowest BCUT2D eigenvalue weighted by Gasteiger charge is -1.75. The van der Waals surface area contributed by atoms with Crippen molar-refractivity contribution in [2.45, 2.75) is 6.92 Å². The van der Waals surface area contributed by atoms with Gasteiger partial charge in [-0.15, -0.1) is 0 Å². The highest BCUT2D eigenvalue weighted by Gasteiger charge is 1.65. The Hall–Kier alpha value is -2.67. The van der Waals surface area contributed by atoms with Crippen LogP contribution in [-0.2, 0) is 4.79 Å². The number of aldehydes is 1. The Kier molecular flexibility index (Phi) is 15.1. The van der Waals surface area contributed by atoms with Crippen LogP contribution in [0.25, 0.3) is 0 Å². The molecule has 0 spiro atoms. The molecule has 0 aliphatic carbocycles. The van der Waals surface area contributed by atoms with Crippen molar-refractivity contribution in [2.75, 3.05) is 0 Å². The summed E-state index contributed by atoms with van der Waals surface area (Å²) in [5.74, 6) is 0. The average molecular weight is 278 g/mol. The topological polar surface area (TPSA) is 17.1 Å². The third kappa shape index (κ3) is 17.3. The van der Waals surface area contributed by atoms with E-state index >= 15 is 0 Å². The Balaban J connectivity index is 3.87. The van der Waals surface area contributed by atoms with Crippen molar-refractivity contribution in [1.29, 1.82) is 0 Å². The van der Waals surface area contributed by atoms with Gasteiger partial charge in [0, 0.05) is 0 Å². The normalized spacial score (nSPS) is 14.3. The Morgan fingerprint density at radius 2 is 0.619 bits per heavy atom. The van der Waals surface area contributed by atoms with E-state index in [-0.39, 0.29) is 0 Å². The first kappa shape index (κ1) is 18.3. The molecule has 21 heavy (non-hydrogen) atoms. The smallest absolute Gasteiger partial charge is 0.142 e. The number of rotatable bonds is 9. The molecular weight excluding hydrogens is 256 g/mol. The average Bonchev–Trinajstić information content (AvgIpc) is 2.50. The van der Waals surface area contributed by atoms with Crippen LogP contribution in [0.2, 0.25) is 0 Å². The highest BCUT2D eigenvalue weighted by Crippen LogP contribution is 1.86. The maximum absolute atomic E-state index is 9.99. The highest BCUT2D eigenvalue weighted by molar-refractivity contribution is 5.65. The fraction of sp³-hybridized carbons (Fsp3) is 0.0500. The van der Waals surface area contributed by atoms with Crippen LogP contribution in [0.15, 0.2) is 109 Å². The maximum Gasteiger partial charge on any atom is 0.142 e. The lowest BCUT2D eigenvalue weighted by Crippen LogP contribution is -1.56. The van der Waals surface area contributed by atoms with Gasteiger partial charge in [-0.3, -0.25) is 4.79 Å². The minimum Gasteiger partial charge on any atom is -0.299 e. The van der Waals surface area contributed by atoms with Crippen LogP contribution in [0.3, 0.4) is 0 Å². The van der Waals surface area contributed by atoms with Gasteiger partial charge in [0.1, 0.15) is 6.29 Å². The van der Waals surface area contributed by atoms with E-state index in [1.807, 2.05) is 98.1 Å². The molecule has 0 aliphatic heterocycles. The molecule has 1 heteroatoms. The number of carbonyl (C=O) groups excluding carboxylic acids is 1. The summed E-state index contributed by atoms with van der Waals surface area (Å²) in [6.45, 7) is 1.99. The third-order valence-electron chi connectivity index (χ3n) is 2.05. The molecule has 1 nitrogen and oxygen atoms in total. The largest absolute Gasteiger partial charge is 0.299 e. The van der Waals surface area contributed by atoms with Crippen molar-refractivity contribution in [3.05, 3.63) is 109 Å². The molecule has 0 aromatic rings. The van der Waals surface area contributed by atoms with E-state index in [1.165, 1.54) is 6.08 Å². The second kappa shape index (κ2) is 17.3. The van der Waals surface area contributed by atoms with E-state index in [9.17, 15) is 4.79 Å². The molecule has 0 atom stereocenters. The molecule has 0 heterocycles. The van der Waals surface area contributed by atoms with Crippen molar-refractivity contribution in [3.8, 4) is 0 Å². The van der Waals surface area contributed by atoms with Crippen LogP contribution in [0.4, 0.5) is 0 Å². The van der Waals surface area contributed by atoms with Gasteiger partial charge in [0.25, 0.3) is 0 Å². The second-order valence-corrected chi connectivity index (χ2v) is 3.74. The molecular formula is C20H22O. The molecule has 0 aliphatic rings. The molecule has 0 fully saturated rings. The quantitative estimate of drug-likeness (QED) is 0.321. The summed E-state index contributed by atoms with van der Waals surface area (Å²) < 4.78 is 0. The van der Waals surface area contributed by atoms with Gasteiger partial charge in [0.15, 0.2) is 0 Å². The van der Waals surface area contributed by atoms with E-state index in [0.29, 0.717) is 0 Å². The van der Waals surface area contributed by atoms with Crippen LogP contribution < -0.4 is 0 Å². The Bertz CT molecular complexity index is 504. The summed E-state index contributed by atoms with van der Waals surface area (Å²) in [4.78, 5) is 9.99. The first-order valence-electron chi connectivity index (χ1n) is 6.81. The van der Waals surface area contributed by atoms with Gasteiger partial charge in [-0.05, 0) is 13.0 Å². The van der Waals surface area contributed by atoms with Crippen molar-refractivity contribution in [2.24, 2.45) is 0 Å². The number of carbonyl (C=O) groups is 1. The molecule has 0 unspecified atom stereocenters. The molecule has 108 valence electrons. The van der Waals surface area contributed by atoms with Crippen LogP contribution in [0.1, 0.15) is 6.92 Å². The minimum absolute atomic E-state index is 0.750. The van der Waals surface area contributed by atoms with Gasteiger partial charge in [-0.2, -0.15) is 0 Å². The van der Waals surface area contributed by atoms with Crippen LogP contribution in [-0.4, -0.2) is 6.29 Å². The molecule has 0 aromatic heterocycles. The summed E-state index contributed by atoms with van der Waals surface area (Å²) in [6, 6.07) is 0. The molecule has 0 rings (SSSR count). The van der Waals surface area contributed by atoms with Gasteiger partial charge < -0.3 is 0 Å². The van der Waals surface area contributed by atoms with E-state index in [0.717, 1.165) is 6.29 Å².